The van der Waals surface area contributed by atoms with Crippen molar-refractivity contribution in [3.8, 4) is 0 Å². The van der Waals surface area contributed by atoms with E-state index in [1.807, 2.05) is 18.2 Å². The second-order valence-electron chi connectivity index (χ2n) is 10.7. The van der Waals surface area contributed by atoms with Crippen LogP contribution in [0.15, 0.2) is 36.4 Å². The Morgan fingerprint density at radius 2 is 1.89 bits per heavy atom. The summed E-state index contributed by atoms with van der Waals surface area (Å²) in [6, 6.07) is 10.5. The van der Waals surface area contributed by atoms with Crippen LogP contribution in [-0.4, -0.2) is 70.9 Å². The van der Waals surface area contributed by atoms with Crippen LogP contribution in [0.3, 0.4) is 0 Å². The Morgan fingerprint density at radius 1 is 1.14 bits per heavy atom. The number of hydrogen-bond donors (Lipinski definition) is 3. The topological polar surface area (TPSA) is 54.5 Å². The minimum absolute atomic E-state index is 0.0571. The maximum absolute atomic E-state index is 15.8. The van der Waals surface area contributed by atoms with Crippen LogP contribution in [0.2, 0.25) is 0 Å². The molecule has 3 heterocycles. The van der Waals surface area contributed by atoms with E-state index < -0.39 is 17.7 Å². The van der Waals surface area contributed by atoms with Crippen LogP contribution in [0.1, 0.15) is 42.6 Å². The van der Waals surface area contributed by atoms with Crippen molar-refractivity contribution in [1.82, 2.24) is 14.8 Å². The molecule has 4 atom stereocenters. The first-order chi connectivity index (χ1) is 17.5. The average Bonchev–Trinajstić information content (AvgIpc) is 3.52. The van der Waals surface area contributed by atoms with Crippen molar-refractivity contribution in [2.45, 2.75) is 50.4 Å². The summed E-state index contributed by atoms with van der Waals surface area (Å²) in [6.45, 7) is 4.04. The number of halogens is 3. The van der Waals surface area contributed by atoms with Crippen LogP contribution in [0, 0.1) is 17.6 Å². The highest BCUT2D eigenvalue weighted by Gasteiger charge is 2.50. The van der Waals surface area contributed by atoms with Gasteiger partial charge in [-0.05, 0) is 55.9 Å². The second kappa shape index (κ2) is 9.39. The standard InChI is InChI=1S/C28H33F3N4O/c1-16-9-21-20-5-2-3-6-24(20)33-27(21)28(35(16)25-10-17(25)15-36)26-22(30)11-18(12-23(26)31)32-19-13-34(14-19)8-4-7-29/h2-3,5-6,11-12,16-17,19,25,28,32-33,36H,4,7-10,13-15H2,1H3/t16?,17-,25+,28?/m0/s1. The molecule has 0 spiro atoms. The molecular formula is C28H33F3N4O. The lowest BCUT2D eigenvalue weighted by Gasteiger charge is -2.42. The summed E-state index contributed by atoms with van der Waals surface area (Å²) >= 11 is 0. The van der Waals surface area contributed by atoms with Gasteiger partial charge in [-0.1, -0.05) is 18.2 Å². The third-order valence-corrected chi connectivity index (χ3v) is 8.22. The van der Waals surface area contributed by atoms with Gasteiger partial charge in [0.25, 0.3) is 0 Å². The number of anilines is 1. The van der Waals surface area contributed by atoms with Gasteiger partial charge in [0.1, 0.15) is 11.6 Å². The lowest BCUT2D eigenvalue weighted by atomic mass is 9.87. The highest BCUT2D eigenvalue weighted by atomic mass is 19.1. The zero-order valence-corrected chi connectivity index (χ0v) is 20.5. The van der Waals surface area contributed by atoms with E-state index in [0.717, 1.165) is 48.1 Å². The number of para-hydroxylation sites is 1. The maximum Gasteiger partial charge on any atom is 0.133 e. The number of rotatable bonds is 8. The number of alkyl halides is 1. The Kier molecular flexibility index (Phi) is 6.22. The fourth-order valence-corrected chi connectivity index (χ4v) is 6.37. The fraction of sp³-hybridized carbons (Fsp3) is 0.500. The van der Waals surface area contributed by atoms with Gasteiger partial charge in [0.2, 0.25) is 0 Å². The van der Waals surface area contributed by atoms with Gasteiger partial charge in [-0.2, -0.15) is 0 Å². The number of aliphatic hydroxyl groups excluding tert-OH is 1. The molecule has 1 aliphatic carbocycles. The summed E-state index contributed by atoms with van der Waals surface area (Å²) in [5.74, 6) is -1.01. The van der Waals surface area contributed by atoms with Crippen LogP contribution in [-0.2, 0) is 6.42 Å². The van der Waals surface area contributed by atoms with Crippen LogP contribution in [0.25, 0.3) is 10.9 Å². The van der Waals surface area contributed by atoms with Crippen LogP contribution < -0.4 is 5.32 Å². The number of fused-ring (bicyclic) bond motifs is 3. The number of benzene rings is 2. The Labute approximate surface area is 209 Å². The molecule has 192 valence electrons. The van der Waals surface area contributed by atoms with Crippen molar-refractivity contribution in [1.29, 1.82) is 0 Å². The van der Waals surface area contributed by atoms with Gasteiger partial charge in [0.05, 0.1) is 18.8 Å². The van der Waals surface area contributed by atoms with Crippen LogP contribution >= 0.6 is 0 Å². The largest absolute Gasteiger partial charge is 0.396 e. The smallest absolute Gasteiger partial charge is 0.133 e. The van der Waals surface area contributed by atoms with Gasteiger partial charge < -0.3 is 15.4 Å². The minimum atomic E-state index is -0.591. The molecule has 0 bridgehead atoms. The van der Waals surface area contributed by atoms with E-state index in [0.29, 0.717) is 18.7 Å². The monoisotopic (exact) mass is 498 g/mol. The zero-order valence-electron chi connectivity index (χ0n) is 20.5. The molecule has 3 N–H and O–H groups in total. The maximum atomic E-state index is 15.8. The van der Waals surface area contributed by atoms with Crippen molar-refractivity contribution in [3.05, 3.63) is 64.9 Å². The van der Waals surface area contributed by atoms with Gasteiger partial charge in [-0.15, -0.1) is 0 Å². The highest BCUT2D eigenvalue weighted by Crippen LogP contribution is 2.49. The SMILES string of the molecule is CC1Cc2c([nH]c3ccccc23)C(c2c(F)cc(NC3CN(CCCF)C3)cc2F)N1[C@@H]1C[C@H]1CO. The first kappa shape index (κ1) is 23.8. The Bertz CT molecular complexity index is 1230. The predicted octanol–water partition coefficient (Wildman–Crippen LogP) is 4.62. The van der Waals surface area contributed by atoms with Crippen LogP contribution in [0.5, 0.6) is 0 Å². The molecule has 8 heteroatoms. The van der Waals surface area contributed by atoms with Crippen molar-refractivity contribution >= 4 is 16.6 Å². The predicted molar refractivity (Wildman–Crippen MR) is 135 cm³/mol. The fourth-order valence-electron chi connectivity index (χ4n) is 6.37. The summed E-state index contributed by atoms with van der Waals surface area (Å²) in [6.07, 6.45) is 2.12. The molecule has 36 heavy (non-hydrogen) atoms. The number of H-pyrrole nitrogens is 1. The summed E-state index contributed by atoms with van der Waals surface area (Å²) in [5.41, 5.74) is 3.42. The van der Waals surface area contributed by atoms with Gasteiger partial charge in [-0.25, -0.2) is 8.78 Å². The molecule has 1 aromatic heterocycles. The molecule has 0 radical (unpaired) electrons. The summed E-state index contributed by atoms with van der Waals surface area (Å²) in [4.78, 5) is 7.83. The van der Waals surface area contributed by atoms with E-state index in [-0.39, 0.29) is 42.9 Å². The van der Waals surface area contributed by atoms with Crippen LogP contribution in [0.4, 0.5) is 18.9 Å². The van der Waals surface area contributed by atoms with E-state index in [1.165, 1.54) is 12.1 Å². The molecule has 1 saturated heterocycles. The van der Waals surface area contributed by atoms with Crippen molar-refractivity contribution in [2.24, 2.45) is 5.92 Å². The van der Waals surface area contributed by atoms with Crippen molar-refractivity contribution in [3.63, 3.8) is 0 Å². The molecule has 0 amide bonds. The Morgan fingerprint density at radius 3 is 2.58 bits per heavy atom. The van der Waals surface area contributed by atoms with Gasteiger partial charge in [0.15, 0.2) is 0 Å². The number of aromatic amines is 1. The Hall–Kier alpha value is -2.55. The molecule has 2 aromatic carbocycles. The number of hydrogen-bond acceptors (Lipinski definition) is 4. The molecular weight excluding hydrogens is 465 g/mol. The quantitative estimate of drug-likeness (QED) is 0.424. The normalized spacial score (nSPS) is 26.7. The van der Waals surface area contributed by atoms with E-state index >= 15 is 8.78 Å². The van der Waals surface area contributed by atoms with Gasteiger partial charge in [-0.3, -0.25) is 14.2 Å². The number of aliphatic hydroxyl groups is 1. The van der Waals surface area contributed by atoms with E-state index in [1.54, 1.807) is 0 Å². The molecule has 2 unspecified atom stereocenters. The average molecular weight is 499 g/mol. The molecule has 2 aliphatic heterocycles. The molecule has 2 fully saturated rings. The first-order valence-corrected chi connectivity index (χ1v) is 13.0. The summed E-state index contributed by atoms with van der Waals surface area (Å²) in [7, 11) is 0. The number of likely N-dealkylation sites (tertiary alicyclic amines) is 1. The number of nitrogens with one attached hydrogen (secondary N) is 2. The summed E-state index contributed by atoms with van der Waals surface area (Å²) in [5, 5.41) is 14.1. The third-order valence-electron chi connectivity index (χ3n) is 8.22. The van der Waals surface area contributed by atoms with Gasteiger partial charge in [0, 0.05) is 66.2 Å². The lowest BCUT2D eigenvalue weighted by Crippen LogP contribution is -2.54. The molecule has 1 saturated carbocycles. The zero-order chi connectivity index (χ0) is 25.0. The lowest BCUT2D eigenvalue weighted by molar-refractivity contribution is 0.118. The summed E-state index contributed by atoms with van der Waals surface area (Å²) < 4.78 is 44.0. The minimum Gasteiger partial charge on any atom is -0.396 e. The Balaban J connectivity index is 1.34. The number of aromatic nitrogens is 1. The first-order valence-electron chi connectivity index (χ1n) is 13.0. The molecule has 5 nitrogen and oxygen atoms in total. The van der Waals surface area contributed by atoms with E-state index in [4.69, 9.17) is 0 Å². The highest BCUT2D eigenvalue weighted by molar-refractivity contribution is 5.85. The molecule has 3 aromatic rings. The van der Waals surface area contributed by atoms with Crippen molar-refractivity contribution < 1.29 is 18.3 Å². The van der Waals surface area contributed by atoms with E-state index in [9.17, 15) is 9.50 Å². The molecule has 6 rings (SSSR count). The number of nitrogens with zero attached hydrogens (tertiary/aromatic N) is 2. The third kappa shape index (κ3) is 4.09. The molecule has 3 aliphatic rings. The van der Waals surface area contributed by atoms with Gasteiger partial charge >= 0.3 is 0 Å². The second-order valence-corrected chi connectivity index (χ2v) is 10.7. The van der Waals surface area contributed by atoms with E-state index in [2.05, 4.69) is 33.1 Å². The van der Waals surface area contributed by atoms with Crippen molar-refractivity contribution in [2.75, 3.05) is 38.2 Å².